The second-order valence-corrected chi connectivity index (χ2v) is 9.80. The highest BCUT2D eigenvalue weighted by Gasteiger charge is 2.28. The monoisotopic (exact) mass is 413 g/mol. The fourth-order valence-corrected chi connectivity index (χ4v) is 5.03. The van der Waals surface area contributed by atoms with Gasteiger partial charge in [-0.1, -0.05) is 25.3 Å². The summed E-state index contributed by atoms with van der Waals surface area (Å²) in [5.74, 6) is -0.275. The van der Waals surface area contributed by atoms with Gasteiger partial charge in [-0.05, 0) is 68.5 Å². The van der Waals surface area contributed by atoms with Crippen molar-refractivity contribution < 1.29 is 13.2 Å². The van der Waals surface area contributed by atoms with Crippen molar-refractivity contribution in [1.29, 1.82) is 0 Å². The first-order valence-corrected chi connectivity index (χ1v) is 11.8. The van der Waals surface area contributed by atoms with Gasteiger partial charge in [0.15, 0.2) is 0 Å². The van der Waals surface area contributed by atoms with E-state index in [9.17, 15) is 13.2 Å². The predicted octanol–water partition coefficient (Wildman–Crippen LogP) is 3.16. The lowest BCUT2D eigenvalue weighted by molar-refractivity contribution is 0.0954. The molecule has 7 heteroatoms. The van der Waals surface area contributed by atoms with E-state index in [0.29, 0.717) is 11.1 Å². The Bertz CT molecular complexity index is 1080. The van der Waals surface area contributed by atoms with Gasteiger partial charge in [0, 0.05) is 17.8 Å². The number of aromatic nitrogens is 1. The van der Waals surface area contributed by atoms with Crippen molar-refractivity contribution in [2.75, 3.05) is 0 Å². The van der Waals surface area contributed by atoms with Crippen molar-refractivity contribution in [2.24, 2.45) is 4.99 Å². The van der Waals surface area contributed by atoms with E-state index in [1.54, 1.807) is 18.3 Å². The Morgan fingerprint density at radius 1 is 1.07 bits per heavy atom. The minimum atomic E-state index is -3.61. The van der Waals surface area contributed by atoms with E-state index in [1.807, 2.05) is 19.1 Å². The molecule has 1 N–H and O–H groups in total. The van der Waals surface area contributed by atoms with Crippen molar-refractivity contribution in [3.05, 3.63) is 59.2 Å². The Morgan fingerprint density at radius 2 is 1.83 bits per heavy atom. The van der Waals surface area contributed by atoms with Crippen molar-refractivity contribution in [3.8, 4) is 0 Å². The Kier molecular flexibility index (Phi) is 5.69. The summed E-state index contributed by atoms with van der Waals surface area (Å²) in [4.78, 5) is 18.2. The summed E-state index contributed by atoms with van der Waals surface area (Å²) >= 11 is 0. The van der Waals surface area contributed by atoms with Gasteiger partial charge in [0.05, 0.1) is 10.9 Å². The first-order chi connectivity index (χ1) is 13.9. The molecule has 0 aliphatic heterocycles. The van der Waals surface area contributed by atoms with E-state index in [-0.39, 0.29) is 22.9 Å². The topological polar surface area (TPSA) is 80.5 Å². The van der Waals surface area contributed by atoms with Gasteiger partial charge in [0.2, 0.25) is 10.0 Å². The van der Waals surface area contributed by atoms with E-state index >= 15 is 0 Å². The molecule has 1 aromatic heterocycles. The third-order valence-electron chi connectivity index (χ3n) is 5.49. The van der Waals surface area contributed by atoms with Crippen LogP contribution in [0.1, 0.15) is 60.9 Å². The molecular weight excluding hydrogens is 386 g/mol. The Labute approximate surface area is 171 Å². The van der Waals surface area contributed by atoms with Gasteiger partial charge < -0.3 is 0 Å². The van der Waals surface area contributed by atoms with Crippen LogP contribution in [0.5, 0.6) is 0 Å². The molecule has 6 nitrogen and oxygen atoms in total. The predicted molar refractivity (Wildman–Crippen MR) is 111 cm³/mol. The van der Waals surface area contributed by atoms with E-state index in [0.717, 1.165) is 31.2 Å². The molecule has 1 heterocycles. The number of carbonyl (C=O) groups is 1. The maximum absolute atomic E-state index is 13.2. The number of carbonyl (C=O) groups excluding carboxylic acids is 1. The summed E-state index contributed by atoms with van der Waals surface area (Å²) < 4.78 is 29.2. The van der Waals surface area contributed by atoms with Gasteiger partial charge in [0.1, 0.15) is 5.49 Å². The third kappa shape index (κ3) is 4.85. The van der Waals surface area contributed by atoms with Crippen LogP contribution in [0.3, 0.4) is 0 Å². The van der Waals surface area contributed by atoms with Crippen LogP contribution in [0.4, 0.5) is 0 Å². The minimum Gasteiger partial charge on any atom is -0.268 e. The number of rotatable bonds is 5. The van der Waals surface area contributed by atoms with Gasteiger partial charge in [-0.15, -0.1) is 0 Å². The molecule has 1 aromatic carbocycles. The zero-order valence-corrected chi connectivity index (χ0v) is 17.5. The van der Waals surface area contributed by atoms with Crippen molar-refractivity contribution >= 4 is 15.9 Å². The first-order valence-electron chi connectivity index (χ1n) is 10.3. The minimum absolute atomic E-state index is 0.0201. The van der Waals surface area contributed by atoms with Crippen LogP contribution in [0, 0.1) is 6.92 Å². The lowest BCUT2D eigenvalue weighted by Crippen LogP contribution is -2.30. The van der Waals surface area contributed by atoms with Crippen LogP contribution >= 0.6 is 0 Å². The largest absolute Gasteiger partial charge is 0.268 e. The fraction of sp³-hybridized carbons (Fsp3) is 0.455. The lowest BCUT2D eigenvalue weighted by Gasteiger charge is -2.18. The van der Waals surface area contributed by atoms with E-state index in [1.165, 1.54) is 36.0 Å². The molecule has 0 unspecified atom stereocenters. The maximum Gasteiger partial charge on any atom is 0.263 e. The summed E-state index contributed by atoms with van der Waals surface area (Å²) in [6.45, 7) is 1.98. The number of benzene rings is 1. The first kappa shape index (κ1) is 20.0. The molecule has 0 spiro atoms. The van der Waals surface area contributed by atoms with Crippen LogP contribution in [-0.4, -0.2) is 31.0 Å². The van der Waals surface area contributed by atoms with Crippen molar-refractivity contribution in [1.82, 2.24) is 9.29 Å². The van der Waals surface area contributed by atoms with Crippen LogP contribution in [0.15, 0.2) is 52.5 Å². The molecule has 0 atom stereocenters. The fourth-order valence-electron chi connectivity index (χ4n) is 3.68. The number of hydrogen-bond donors (Lipinski definition) is 1. The zero-order valence-electron chi connectivity index (χ0n) is 16.7. The quantitative estimate of drug-likeness (QED) is 0.818. The van der Waals surface area contributed by atoms with E-state index < -0.39 is 10.0 Å². The molecule has 0 saturated heterocycles. The average Bonchev–Trinajstić information content (AvgIpc) is 3.52. The molecule has 4 rings (SSSR count). The average molecular weight is 414 g/mol. The van der Waals surface area contributed by atoms with Gasteiger partial charge >= 0.3 is 0 Å². The van der Waals surface area contributed by atoms with Gasteiger partial charge in [-0.2, -0.15) is 0 Å². The number of nitrogens with one attached hydrogen (secondary N) is 1. The molecule has 2 fully saturated rings. The zero-order chi connectivity index (χ0) is 20.4. The molecule has 0 bridgehead atoms. The summed E-state index contributed by atoms with van der Waals surface area (Å²) in [5.41, 5.74) is 2.00. The smallest absolute Gasteiger partial charge is 0.263 e. The van der Waals surface area contributed by atoms with Crippen molar-refractivity contribution in [2.45, 2.75) is 68.8 Å². The molecule has 0 radical (unpaired) electrons. The number of sulfonamides is 1. The molecule has 2 saturated carbocycles. The number of pyridine rings is 1. The van der Waals surface area contributed by atoms with Crippen molar-refractivity contribution in [3.63, 3.8) is 0 Å². The highest BCUT2D eigenvalue weighted by molar-refractivity contribution is 7.89. The van der Waals surface area contributed by atoms with Gasteiger partial charge in [-0.25, -0.2) is 13.1 Å². The number of hydrogen-bond acceptors (Lipinski definition) is 4. The molecule has 2 aromatic rings. The highest BCUT2D eigenvalue weighted by Crippen LogP contribution is 2.23. The third-order valence-corrected chi connectivity index (χ3v) is 7.01. The second kappa shape index (κ2) is 8.24. The maximum atomic E-state index is 13.2. The number of nitrogens with zero attached hydrogens (tertiary/aromatic N) is 2. The standard InChI is InChI=1S/C22H27N3O3S/c1-16-12-13-25(21(14-16)23-18-7-3-2-4-8-18)22(26)17-6-5-9-20(15-17)29(27,28)24-19-10-11-19/h5-6,9,12-15,18-19,24H,2-4,7-8,10-11H2,1H3. The molecule has 2 aliphatic carbocycles. The highest BCUT2D eigenvalue weighted by atomic mass is 32.2. The Balaban J connectivity index is 1.68. The van der Waals surface area contributed by atoms with Gasteiger partial charge in [-0.3, -0.25) is 14.4 Å². The van der Waals surface area contributed by atoms with E-state index in [4.69, 9.17) is 4.99 Å². The molecule has 0 amide bonds. The van der Waals surface area contributed by atoms with Crippen LogP contribution in [0.2, 0.25) is 0 Å². The Hall–Kier alpha value is -2.25. The second-order valence-electron chi connectivity index (χ2n) is 8.08. The molecule has 29 heavy (non-hydrogen) atoms. The molecule has 2 aliphatic rings. The summed E-state index contributed by atoms with van der Waals surface area (Å²) in [5, 5.41) is 0. The number of aryl methyl sites for hydroxylation is 1. The summed E-state index contributed by atoms with van der Waals surface area (Å²) in [6, 6.07) is 10.3. The molecule has 154 valence electrons. The normalized spacial score (nSPS) is 18.7. The SMILES string of the molecule is Cc1ccn(C(=O)c2cccc(S(=O)(=O)NC3CC3)c2)c(=NC2CCCCC2)c1. The van der Waals surface area contributed by atoms with Crippen LogP contribution in [-0.2, 0) is 10.0 Å². The summed E-state index contributed by atoms with van der Waals surface area (Å²) in [7, 11) is -3.61. The van der Waals surface area contributed by atoms with Crippen LogP contribution in [0.25, 0.3) is 0 Å². The Morgan fingerprint density at radius 3 is 2.55 bits per heavy atom. The summed E-state index contributed by atoms with van der Waals surface area (Å²) in [6.07, 6.45) is 9.12. The van der Waals surface area contributed by atoms with E-state index in [2.05, 4.69) is 4.72 Å². The van der Waals surface area contributed by atoms with Crippen LogP contribution < -0.4 is 10.2 Å². The molecular formula is C22H27N3O3S. The lowest BCUT2D eigenvalue weighted by atomic mass is 9.96. The van der Waals surface area contributed by atoms with Gasteiger partial charge in [0.25, 0.3) is 5.91 Å².